The minimum absolute atomic E-state index is 0.108. The Kier molecular flexibility index (Phi) is 5.86. The van der Waals surface area contributed by atoms with Crippen molar-refractivity contribution < 1.29 is 0 Å². The van der Waals surface area contributed by atoms with Gasteiger partial charge in [-0.1, -0.05) is 154 Å². The molecule has 9 rings (SSSR count). The fourth-order valence-electron chi connectivity index (χ4n) is 7.49. The molecule has 0 aliphatic rings. The molecular formula is C46H34. The van der Waals surface area contributed by atoms with Gasteiger partial charge in [0.15, 0.2) is 0 Å². The second kappa shape index (κ2) is 10.0. The maximum absolute atomic E-state index is 2.43. The molecule has 9 aromatic carbocycles. The normalized spacial score (nSPS) is 12.2. The Balaban J connectivity index is 1.36. The summed E-state index contributed by atoms with van der Waals surface area (Å²) in [7, 11) is 0. The third-order valence-corrected chi connectivity index (χ3v) is 9.96. The Morgan fingerprint density at radius 2 is 0.783 bits per heavy atom. The Morgan fingerprint density at radius 3 is 1.39 bits per heavy atom. The molecule has 0 nitrogen and oxygen atoms in total. The Labute approximate surface area is 269 Å². The topological polar surface area (TPSA) is 0 Å². The fraction of sp³-hybridized carbons (Fsp3) is 0.0870. The molecule has 0 amide bonds. The van der Waals surface area contributed by atoms with E-state index in [1.54, 1.807) is 0 Å². The van der Waals surface area contributed by atoms with Gasteiger partial charge in [0.2, 0.25) is 0 Å². The molecule has 0 heterocycles. The molecule has 0 aliphatic carbocycles. The first-order valence-corrected chi connectivity index (χ1v) is 16.3. The maximum atomic E-state index is 2.43. The van der Waals surface area contributed by atoms with Crippen molar-refractivity contribution in [3.8, 4) is 33.4 Å². The van der Waals surface area contributed by atoms with Crippen molar-refractivity contribution in [3.05, 3.63) is 157 Å². The summed E-state index contributed by atoms with van der Waals surface area (Å²) >= 11 is 0. The smallest absolute Gasteiger partial charge is 0.00141 e. The summed E-state index contributed by atoms with van der Waals surface area (Å²) < 4.78 is 0. The lowest BCUT2D eigenvalue weighted by Gasteiger charge is -2.21. The molecule has 0 aromatic heterocycles. The largest absolute Gasteiger partial charge is 0.0616 e. The van der Waals surface area contributed by atoms with E-state index >= 15 is 0 Å². The van der Waals surface area contributed by atoms with Crippen molar-refractivity contribution >= 4 is 53.9 Å². The van der Waals surface area contributed by atoms with Crippen molar-refractivity contribution in [2.75, 3.05) is 0 Å². The first-order valence-electron chi connectivity index (χ1n) is 16.3. The van der Waals surface area contributed by atoms with Crippen LogP contribution in [0.4, 0.5) is 0 Å². The number of hydrogen-bond donors (Lipinski definition) is 0. The fourth-order valence-corrected chi connectivity index (χ4v) is 7.49. The average molecular weight is 587 g/mol. The molecule has 0 aliphatic heterocycles. The second-order valence-electron chi connectivity index (χ2n) is 13.8. The van der Waals surface area contributed by atoms with Gasteiger partial charge in [0.05, 0.1) is 0 Å². The summed E-state index contributed by atoms with van der Waals surface area (Å²) in [5.41, 5.74) is 9.05. The molecule has 9 aromatic rings. The number of benzene rings is 9. The highest BCUT2D eigenvalue weighted by molar-refractivity contribution is 6.30. The minimum atomic E-state index is 0.108. The molecule has 0 spiro atoms. The summed E-state index contributed by atoms with van der Waals surface area (Å²) in [5, 5.41) is 12.9. The lowest BCUT2D eigenvalue weighted by Crippen LogP contribution is -2.10. The molecule has 0 saturated heterocycles. The van der Waals surface area contributed by atoms with Gasteiger partial charge < -0.3 is 0 Å². The Bertz CT molecular complexity index is 2590. The van der Waals surface area contributed by atoms with E-state index in [0.29, 0.717) is 0 Å². The van der Waals surface area contributed by atoms with E-state index < -0.39 is 0 Å². The highest BCUT2D eigenvalue weighted by Crippen LogP contribution is 2.46. The first-order chi connectivity index (χ1) is 22.4. The number of rotatable bonds is 3. The average Bonchev–Trinajstić information content (AvgIpc) is 3.09. The van der Waals surface area contributed by atoms with Crippen LogP contribution in [-0.4, -0.2) is 0 Å². The Morgan fingerprint density at radius 1 is 0.326 bits per heavy atom. The lowest BCUT2D eigenvalue weighted by atomic mass is 9.82. The van der Waals surface area contributed by atoms with E-state index in [1.165, 1.54) is 92.8 Å². The van der Waals surface area contributed by atoms with Crippen molar-refractivity contribution in [1.82, 2.24) is 0 Å². The predicted molar refractivity (Wildman–Crippen MR) is 200 cm³/mol. The lowest BCUT2D eigenvalue weighted by molar-refractivity contribution is 0.590. The van der Waals surface area contributed by atoms with Gasteiger partial charge in [0, 0.05) is 0 Å². The monoisotopic (exact) mass is 586 g/mol. The first kappa shape index (κ1) is 26.9. The van der Waals surface area contributed by atoms with Gasteiger partial charge in [-0.3, -0.25) is 0 Å². The maximum Gasteiger partial charge on any atom is -0.00141 e. The van der Waals surface area contributed by atoms with E-state index in [2.05, 4.69) is 172 Å². The van der Waals surface area contributed by atoms with Gasteiger partial charge in [-0.05, 0) is 116 Å². The van der Waals surface area contributed by atoms with Gasteiger partial charge in [-0.25, -0.2) is 0 Å². The highest BCUT2D eigenvalue weighted by Gasteiger charge is 2.20. The molecule has 0 N–H and O–H groups in total. The summed E-state index contributed by atoms with van der Waals surface area (Å²) in [6.07, 6.45) is 0. The molecule has 0 fully saturated rings. The minimum Gasteiger partial charge on any atom is -0.0616 e. The summed E-state index contributed by atoms with van der Waals surface area (Å²) in [6.45, 7) is 6.84. The van der Waals surface area contributed by atoms with Crippen LogP contribution in [0, 0.1) is 0 Å². The second-order valence-corrected chi connectivity index (χ2v) is 13.8. The highest BCUT2D eigenvalue weighted by atomic mass is 14.2. The van der Waals surface area contributed by atoms with Crippen molar-refractivity contribution in [2.24, 2.45) is 0 Å². The molecule has 0 heteroatoms. The molecular weight excluding hydrogens is 553 g/mol. The van der Waals surface area contributed by atoms with Crippen LogP contribution < -0.4 is 0 Å². The standard InChI is InChI=1S/C46H34/c1-46(2,3)37-20-16-31(17-21-37)42-28-43(36-15-13-30-9-5-7-11-34(30)27-36)40-23-19-32-18-22-38(39-24-25-41(42)45(40)44(32)39)35-14-12-29-8-4-6-10-33(29)26-35/h4-28H,1-3H3. The van der Waals surface area contributed by atoms with Crippen LogP contribution in [0.2, 0.25) is 0 Å². The number of hydrogen-bond acceptors (Lipinski definition) is 0. The zero-order chi connectivity index (χ0) is 31.0. The molecule has 0 unspecified atom stereocenters. The predicted octanol–water partition coefficient (Wildman–Crippen LogP) is 13.2. The summed E-state index contributed by atoms with van der Waals surface area (Å²) in [4.78, 5) is 0. The van der Waals surface area contributed by atoms with Crippen LogP contribution in [0.5, 0.6) is 0 Å². The van der Waals surface area contributed by atoms with E-state index in [4.69, 9.17) is 0 Å². The van der Waals surface area contributed by atoms with E-state index in [0.717, 1.165) is 0 Å². The van der Waals surface area contributed by atoms with Gasteiger partial charge >= 0.3 is 0 Å². The van der Waals surface area contributed by atoms with Gasteiger partial charge in [0.25, 0.3) is 0 Å². The molecule has 218 valence electrons. The van der Waals surface area contributed by atoms with Crippen LogP contribution in [0.1, 0.15) is 26.3 Å². The van der Waals surface area contributed by atoms with E-state index in [1.807, 2.05) is 0 Å². The quantitative estimate of drug-likeness (QED) is 0.181. The van der Waals surface area contributed by atoms with Crippen LogP contribution in [0.25, 0.3) is 87.2 Å². The van der Waals surface area contributed by atoms with Crippen LogP contribution in [0.15, 0.2) is 152 Å². The SMILES string of the molecule is CC(C)(C)c1ccc(-c2cc(-c3ccc4ccccc4c3)c3ccc4ccc(-c5ccc6ccccc6c5)c5ccc2c3c45)cc1. The third kappa shape index (κ3) is 4.21. The van der Waals surface area contributed by atoms with Gasteiger partial charge in [-0.15, -0.1) is 0 Å². The molecule has 0 bridgehead atoms. The van der Waals surface area contributed by atoms with Crippen LogP contribution in [-0.2, 0) is 5.41 Å². The molecule has 0 atom stereocenters. The van der Waals surface area contributed by atoms with E-state index in [-0.39, 0.29) is 5.41 Å². The third-order valence-electron chi connectivity index (χ3n) is 9.96. The van der Waals surface area contributed by atoms with Crippen LogP contribution >= 0.6 is 0 Å². The molecule has 46 heavy (non-hydrogen) atoms. The summed E-state index contributed by atoms with van der Waals surface area (Å²) in [5.74, 6) is 0. The Hall–Kier alpha value is -5.46. The van der Waals surface area contributed by atoms with Crippen LogP contribution in [0.3, 0.4) is 0 Å². The van der Waals surface area contributed by atoms with Crippen molar-refractivity contribution in [2.45, 2.75) is 26.2 Å². The molecule has 0 saturated carbocycles. The van der Waals surface area contributed by atoms with E-state index in [9.17, 15) is 0 Å². The van der Waals surface area contributed by atoms with Gasteiger partial charge in [-0.2, -0.15) is 0 Å². The molecule has 0 radical (unpaired) electrons. The van der Waals surface area contributed by atoms with Gasteiger partial charge in [0.1, 0.15) is 0 Å². The van der Waals surface area contributed by atoms with Crippen molar-refractivity contribution in [3.63, 3.8) is 0 Å². The summed E-state index contributed by atoms with van der Waals surface area (Å²) in [6, 6.07) is 56.8. The number of fused-ring (bicyclic) bond motifs is 2. The van der Waals surface area contributed by atoms with Crippen molar-refractivity contribution in [1.29, 1.82) is 0 Å². The zero-order valence-corrected chi connectivity index (χ0v) is 26.4. The zero-order valence-electron chi connectivity index (χ0n) is 26.4.